The molecule has 0 aliphatic heterocycles. The molecule has 0 fully saturated rings. The van der Waals surface area contributed by atoms with Gasteiger partial charge in [-0.25, -0.2) is 0 Å². The van der Waals surface area contributed by atoms with Gasteiger partial charge in [0.05, 0.1) is 21.4 Å². The van der Waals surface area contributed by atoms with Gasteiger partial charge >= 0.3 is 0 Å². The van der Waals surface area contributed by atoms with Gasteiger partial charge in [-0.15, -0.1) is 0 Å². The van der Waals surface area contributed by atoms with E-state index in [1.165, 1.54) is 12.1 Å². The van der Waals surface area contributed by atoms with Crippen LogP contribution in [0.15, 0.2) is 59.0 Å². The number of benzene rings is 3. The SMILES string of the molecule is O=Cc1c(-c2ccccc2[N+](=O)[O-])cc2oc3ccccc3c2c1O. The van der Waals surface area contributed by atoms with E-state index in [2.05, 4.69) is 0 Å². The van der Waals surface area contributed by atoms with Crippen molar-refractivity contribution in [3.05, 3.63) is 70.3 Å². The van der Waals surface area contributed by atoms with E-state index in [9.17, 15) is 20.0 Å². The van der Waals surface area contributed by atoms with E-state index < -0.39 is 4.92 Å². The number of hydrogen-bond donors (Lipinski definition) is 1. The highest BCUT2D eigenvalue weighted by atomic mass is 16.6. The number of phenols is 1. The number of para-hydroxylation sites is 2. The summed E-state index contributed by atoms with van der Waals surface area (Å²) in [5.74, 6) is -0.245. The Hall–Kier alpha value is -3.67. The summed E-state index contributed by atoms with van der Waals surface area (Å²) in [6.07, 6.45) is 0.503. The fourth-order valence-electron chi connectivity index (χ4n) is 3.08. The molecule has 1 aromatic heterocycles. The smallest absolute Gasteiger partial charge is 0.277 e. The van der Waals surface area contributed by atoms with Gasteiger partial charge in [-0.05, 0) is 18.2 Å². The van der Waals surface area contributed by atoms with Crippen molar-refractivity contribution in [1.82, 2.24) is 0 Å². The summed E-state index contributed by atoms with van der Waals surface area (Å²) < 4.78 is 5.75. The van der Waals surface area contributed by atoms with Crippen LogP contribution in [0.5, 0.6) is 5.75 Å². The second-order valence-corrected chi connectivity index (χ2v) is 5.55. The summed E-state index contributed by atoms with van der Waals surface area (Å²) in [5.41, 5.74) is 1.26. The third-order valence-electron chi connectivity index (χ3n) is 4.19. The first kappa shape index (κ1) is 14.9. The highest BCUT2D eigenvalue weighted by molar-refractivity contribution is 6.13. The minimum absolute atomic E-state index is 0.00615. The quantitative estimate of drug-likeness (QED) is 0.334. The van der Waals surface area contributed by atoms with Crippen LogP contribution in [-0.4, -0.2) is 16.3 Å². The van der Waals surface area contributed by atoms with Crippen LogP contribution in [-0.2, 0) is 0 Å². The van der Waals surface area contributed by atoms with E-state index in [0.717, 1.165) is 0 Å². The lowest BCUT2D eigenvalue weighted by Crippen LogP contribution is -1.95. The fraction of sp³-hybridized carbons (Fsp3) is 0. The maximum Gasteiger partial charge on any atom is 0.277 e. The molecule has 122 valence electrons. The Labute approximate surface area is 141 Å². The molecule has 4 aromatic rings. The molecule has 25 heavy (non-hydrogen) atoms. The Bertz CT molecular complexity index is 1160. The Morgan fingerprint density at radius 3 is 2.48 bits per heavy atom. The molecule has 0 spiro atoms. The number of nitro groups is 1. The van der Waals surface area contributed by atoms with Crippen LogP contribution in [0.1, 0.15) is 10.4 Å². The molecule has 0 aliphatic rings. The van der Waals surface area contributed by atoms with Crippen molar-refractivity contribution in [3.63, 3.8) is 0 Å². The first-order valence-corrected chi connectivity index (χ1v) is 7.48. The number of hydrogen-bond acceptors (Lipinski definition) is 5. The zero-order chi connectivity index (χ0) is 17.6. The second-order valence-electron chi connectivity index (χ2n) is 5.55. The molecule has 6 heteroatoms. The zero-order valence-electron chi connectivity index (χ0n) is 12.8. The van der Waals surface area contributed by atoms with Gasteiger partial charge in [0.1, 0.15) is 16.9 Å². The lowest BCUT2D eigenvalue weighted by Gasteiger charge is -2.08. The maximum atomic E-state index is 11.6. The monoisotopic (exact) mass is 333 g/mol. The van der Waals surface area contributed by atoms with Gasteiger partial charge in [0.15, 0.2) is 6.29 Å². The predicted octanol–water partition coefficient (Wildman–Crippen LogP) is 4.68. The fourth-order valence-corrected chi connectivity index (χ4v) is 3.08. The van der Waals surface area contributed by atoms with Crippen LogP contribution in [0.25, 0.3) is 33.1 Å². The summed E-state index contributed by atoms with van der Waals surface area (Å²) in [5, 5.41) is 23.1. The second kappa shape index (κ2) is 5.45. The van der Waals surface area contributed by atoms with Crippen molar-refractivity contribution in [1.29, 1.82) is 0 Å². The normalized spacial score (nSPS) is 11.0. The van der Waals surface area contributed by atoms with Gasteiger partial charge in [0.2, 0.25) is 0 Å². The first-order valence-electron chi connectivity index (χ1n) is 7.48. The molecule has 0 radical (unpaired) electrons. The van der Waals surface area contributed by atoms with Crippen LogP contribution in [0.3, 0.4) is 0 Å². The Morgan fingerprint density at radius 2 is 1.72 bits per heavy atom. The van der Waals surface area contributed by atoms with Gasteiger partial charge in [0.25, 0.3) is 5.69 Å². The Kier molecular flexibility index (Phi) is 3.25. The molecule has 0 aliphatic carbocycles. The number of aldehydes is 1. The number of nitrogens with zero attached hydrogens (tertiary/aromatic N) is 1. The van der Waals surface area contributed by atoms with E-state index in [-0.39, 0.29) is 28.1 Å². The highest BCUT2D eigenvalue weighted by Crippen LogP contribution is 2.43. The highest BCUT2D eigenvalue weighted by Gasteiger charge is 2.23. The summed E-state index contributed by atoms with van der Waals surface area (Å²) in [4.78, 5) is 22.4. The van der Waals surface area contributed by atoms with Crippen molar-refractivity contribution in [2.45, 2.75) is 0 Å². The van der Waals surface area contributed by atoms with Gasteiger partial charge in [-0.1, -0.05) is 30.3 Å². The summed E-state index contributed by atoms with van der Waals surface area (Å²) >= 11 is 0. The third kappa shape index (κ3) is 2.15. The summed E-state index contributed by atoms with van der Waals surface area (Å²) in [6, 6.07) is 14.7. The van der Waals surface area contributed by atoms with Crippen LogP contribution >= 0.6 is 0 Å². The molecular weight excluding hydrogens is 322 g/mol. The van der Waals surface area contributed by atoms with E-state index in [4.69, 9.17) is 4.42 Å². The van der Waals surface area contributed by atoms with Crippen LogP contribution < -0.4 is 0 Å². The summed E-state index contributed by atoms with van der Waals surface area (Å²) in [6.45, 7) is 0. The first-order chi connectivity index (χ1) is 12.1. The average Bonchev–Trinajstić information content (AvgIpc) is 3.00. The van der Waals surface area contributed by atoms with Crippen molar-refractivity contribution in [2.24, 2.45) is 0 Å². The van der Waals surface area contributed by atoms with Crippen LogP contribution in [0, 0.1) is 10.1 Å². The molecule has 0 amide bonds. The van der Waals surface area contributed by atoms with E-state index >= 15 is 0 Å². The largest absolute Gasteiger partial charge is 0.506 e. The topological polar surface area (TPSA) is 93.6 Å². The molecule has 0 bridgehead atoms. The van der Waals surface area contributed by atoms with Gasteiger partial charge in [-0.2, -0.15) is 0 Å². The molecule has 6 nitrogen and oxygen atoms in total. The molecule has 0 saturated heterocycles. The van der Waals surface area contributed by atoms with Crippen molar-refractivity contribution in [2.75, 3.05) is 0 Å². The molecular formula is C19H11NO5. The standard InChI is InChI=1S/C19H11NO5/c21-10-14-13(11-5-1-3-7-15(11)20(23)24)9-17-18(19(14)22)12-6-2-4-8-16(12)25-17/h1-10,22H. The average molecular weight is 333 g/mol. The maximum absolute atomic E-state index is 11.6. The number of fused-ring (bicyclic) bond motifs is 3. The number of carbonyl (C=O) groups is 1. The number of phenolic OH excluding ortho intramolecular Hbond substituents is 1. The summed E-state index contributed by atoms with van der Waals surface area (Å²) in [7, 11) is 0. The third-order valence-corrected chi connectivity index (χ3v) is 4.19. The van der Waals surface area contributed by atoms with Gasteiger partial charge in [0, 0.05) is 17.0 Å². The molecule has 1 N–H and O–H groups in total. The number of rotatable bonds is 3. The predicted molar refractivity (Wildman–Crippen MR) is 92.9 cm³/mol. The number of nitro benzene ring substituents is 1. The lowest BCUT2D eigenvalue weighted by atomic mass is 9.95. The minimum atomic E-state index is -0.524. The molecule has 0 atom stereocenters. The minimum Gasteiger partial charge on any atom is -0.506 e. The lowest BCUT2D eigenvalue weighted by molar-refractivity contribution is -0.384. The van der Waals surface area contributed by atoms with Crippen molar-refractivity contribution in [3.8, 4) is 16.9 Å². The molecule has 1 heterocycles. The Balaban J connectivity index is 2.14. The van der Waals surface area contributed by atoms with Crippen LogP contribution in [0.2, 0.25) is 0 Å². The van der Waals surface area contributed by atoms with E-state index in [0.29, 0.717) is 28.2 Å². The number of carbonyl (C=O) groups excluding carboxylic acids is 1. The van der Waals surface area contributed by atoms with Crippen LogP contribution in [0.4, 0.5) is 5.69 Å². The van der Waals surface area contributed by atoms with Gasteiger partial charge < -0.3 is 9.52 Å². The van der Waals surface area contributed by atoms with Crippen molar-refractivity contribution >= 4 is 33.9 Å². The number of aromatic hydroxyl groups is 1. The Morgan fingerprint density at radius 1 is 1.00 bits per heavy atom. The zero-order valence-corrected chi connectivity index (χ0v) is 12.8. The molecule has 0 unspecified atom stereocenters. The molecule has 3 aromatic carbocycles. The molecule has 4 rings (SSSR count). The van der Waals surface area contributed by atoms with Crippen molar-refractivity contribution < 1.29 is 19.2 Å². The van der Waals surface area contributed by atoms with Gasteiger partial charge in [-0.3, -0.25) is 14.9 Å². The van der Waals surface area contributed by atoms with E-state index in [1.807, 2.05) is 0 Å². The number of furan rings is 1. The molecule has 0 saturated carbocycles. The van der Waals surface area contributed by atoms with E-state index in [1.54, 1.807) is 42.5 Å².